The van der Waals surface area contributed by atoms with Gasteiger partial charge in [0.2, 0.25) is 0 Å². The number of halogens is 4. The Morgan fingerprint density at radius 3 is 2.47 bits per heavy atom. The Labute approximate surface area is 116 Å². The van der Waals surface area contributed by atoms with Crippen LogP contribution in [0.25, 0.3) is 0 Å². The SMILES string of the molecule is FC(F)(F)c1ccc2c(c1)Nc1ccc(Cl)cc1S2. The average molecular weight is 302 g/mol. The van der Waals surface area contributed by atoms with E-state index < -0.39 is 11.7 Å². The molecule has 1 heterocycles. The molecule has 1 N–H and O–H groups in total. The van der Waals surface area contributed by atoms with Gasteiger partial charge < -0.3 is 5.32 Å². The monoisotopic (exact) mass is 301 g/mol. The van der Waals surface area contributed by atoms with Crippen molar-refractivity contribution in [3.63, 3.8) is 0 Å². The van der Waals surface area contributed by atoms with Gasteiger partial charge in [0.1, 0.15) is 0 Å². The van der Waals surface area contributed by atoms with E-state index in [1.165, 1.54) is 17.8 Å². The van der Waals surface area contributed by atoms with Crippen molar-refractivity contribution in [2.24, 2.45) is 0 Å². The quantitative estimate of drug-likeness (QED) is 0.583. The fourth-order valence-electron chi connectivity index (χ4n) is 1.84. The fourth-order valence-corrected chi connectivity index (χ4v) is 3.09. The van der Waals surface area contributed by atoms with Crippen molar-refractivity contribution in [1.29, 1.82) is 0 Å². The molecule has 19 heavy (non-hydrogen) atoms. The number of alkyl halides is 3. The van der Waals surface area contributed by atoms with E-state index in [1.807, 2.05) is 0 Å². The fraction of sp³-hybridized carbons (Fsp3) is 0.0769. The van der Waals surface area contributed by atoms with Crippen molar-refractivity contribution < 1.29 is 13.2 Å². The maximum atomic E-state index is 12.7. The zero-order valence-electron chi connectivity index (χ0n) is 9.38. The van der Waals surface area contributed by atoms with Crippen LogP contribution in [0.4, 0.5) is 24.5 Å². The number of rotatable bonds is 0. The van der Waals surface area contributed by atoms with Gasteiger partial charge in [-0.25, -0.2) is 0 Å². The summed E-state index contributed by atoms with van der Waals surface area (Å²) >= 11 is 7.30. The highest BCUT2D eigenvalue weighted by Gasteiger charge is 2.31. The predicted molar refractivity (Wildman–Crippen MR) is 70.3 cm³/mol. The van der Waals surface area contributed by atoms with Crippen LogP contribution in [0.2, 0.25) is 5.02 Å². The lowest BCUT2D eigenvalue weighted by atomic mass is 10.2. The van der Waals surface area contributed by atoms with Crippen molar-refractivity contribution in [2.75, 3.05) is 5.32 Å². The summed E-state index contributed by atoms with van der Waals surface area (Å²) in [5.74, 6) is 0. The molecular weight excluding hydrogens is 295 g/mol. The van der Waals surface area contributed by atoms with E-state index in [9.17, 15) is 13.2 Å². The maximum Gasteiger partial charge on any atom is 0.416 e. The standard InChI is InChI=1S/C13H7ClF3NS/c14-8-2-3-9-12(6-8)19-11-4-1-7(13(15,16)17)5-10(11)18-9/h1-6,18H. The smallest absolute Gasteiger partial charge is 0.354 e. The van der Waals surface area contributed by atoms with Gasteiger partial charge in [0.05, 0.1) is 16.9 Å². The zero-order valence-corrected chi connectivity index (χ0v) is 11.0. The Morgan fingerprint density at radius 2 is 1.74 bits per heavy atom. The Hall–Kier alpha value is -1.33. The molecule has 2 aromatic carbocycles. The van der Waals surface area contributed by atoms with Crippen LogP contribution in [0, 0.1) is 0 Å². The largest absolute Gasteiger partial charge is 0.416 e. The number of nitrogens with one attached hydrogen (secondary N) is 1. The van der Waals surface area contributed by atoms with E-state index in [2.05, 4.69) is 5.32 Å². The molecule has 0 saturated heterocycles. The highest BCUT2D eigenvalue weighted by atomic mass is 35.5. The molecule has 0 aromatic heterocycles. The third-order valence-electron chi connectivity index (χ3n) is 2.74. The predicted octanol–water partition coefficient (Wildman–Crippen LogP) is 5.57. The maximum absolute atomic E-state index is 12.7. The first kappa shape index (κ1) is 12.7. The van der Waals surface area contributed by atoms with E-state index >= 15 is 0 Å². The molecule has 0 spiro atoms. The van der Waals surface area contributed by atoms with Gasteiger partial charge in [-0.1, -0.05) is 23.4 Å². The zero-order chi connectivity index (χ0) is 13.6. The topological polar surface area (TPSA) is 12.0 Å². The molecule has 2 aromatic rings. The second kappa shape index (κ2) is 4.35. The lowest BCUT2D eigenvalue weighted by Gasteiger charge is -2.22. The second-order valence-electron chi connectivity index (χ2n) is 4.08. The third-order valence-corrected chi connectivity index (χ3v) is 4.11. The van der Waals surface area contributed by atoms with Crippen molar-refractivity contribution in [2.45, 2.75) is 16.0 Å². The highest BCUT2D eigenvalue weighted by Crippen LogP contribution is 2.46. The van der Waals surface area contributed by atoms with Crippen LogP contribution < -0.4 is 5.32 Å². The Balaban J connectivity index is 2.03. The Morgan fingerprint density at radius 1 is 0.947 bits per heavy atom. The van der Waals surface area contributed by atoms with Gasteiger partial charge in [-0.15, -0.1) is 0 Å². The van der Waals surface area contributed by atoms with E-state index in [-0.39, 0.29) is 0 Å². The summed E-state index contributed by atoms with van der Waals surface area (Å²) in [6, 6.07) is 8.93. The molecule has 0 amide bonds. The van der Waals surface area contributed by atoms with Gasteiger partial charge in [0, 0.05) is 14.8 Å². The van der Waals surface area contributed by atoms with Crippen molar-refractivity contribution >= 4 is 34.7 Å². The molecule has 0 saturated carbocycles. The molecule has 0 radical (unpaired) electrons. The molecule has 3 rings (SSSR count). The molecule has 1 aliphatic rings. The van der Waals surface area contributed by atoms with Gasteiger partial charge in [-0.2, -0.15) is 13.2 Å². The van der Waals surface area contributed by atoms with Gasteiger partial charge in [0.15, 0.2) is 0 Å². The minimum Gasteiger partial charge on any atom is -0.354 e. The second-order valence-corrected chi connectivity index (χ2v) is 5.60. The van der Waals surface area contributed by atoms with E-state index in [0.29, 0.717) is 10.7 Å². The normalized spacial score (nSPS) is 13.5. The molecular formula is C13H7ClF3NS. The average Bonchev–Trinajstić information content (AvgIpc) is 2.34. The van der Waals surface area contributed by atoms with Crippen molar-refractivity contribution in [3.05, 3.63) is 47.0 Å². The van der Waals surface area contributed by atoms with Crippen LogP contribution in [0.15, 0.2) is 46.2 Å². The number of hydrogen-bond donors (Lipinski definition) is 1. The molecule has 98 valence electrons. The summed E-state index contributed by atoms with van der Waals surface area (Å²) in [5, 5.41) is 3.60. The van der Waals surface area contributed by atoms with Crippen LogP contribution in [-0.4, -0.2) is 0 Å². The first-order valence-corrected chi connectivity index (χ1v) is 6.58. The van der Waals surface area contributed by atoms with Crippen molar-refractivity contribution in [1.82, 2.24) is 0 Å². The third kappa shape index (κ3) is 2.40. The number of benzene rings is 2. The minimum atomic E-state index is -4.33. The molecule has 0 bridgehead atoms. The number of hydrogen-bond acceptors (Lipinski definition) is 2. The van der Waals surface area contributed by atoms with E-state index in [4.69, 9.17) is 11.6 Å². The van der Waals surface area contributed by atoms with Gasteiger partial charge in [-0.3, -0.25) is 0 Å². The molecule has 6 heteroatoms. The van der Waals surface area contributed by atoms with Crippen LogP contribution in [0.1, 0.15) is 5.56 Å². The van der Waals surface area contributed by atoms with Gasteiger partial charge in [0.25, 0.3) is 0 Å². The molecule has 0 unspecified atom stereocenters. The lowest BCUT2D eigenvalue weighted by Crippen LogP contribution is -2.07. The summed E-state index contributed by atoms with van der Waals surface area (Å²) in [5.41, 5.74) is 0.577. The minimum absolute atomic E-state index is 0.467. The van der Waals surface area contributed by atoms with Crippen LogP contribution in [0.5, 0.6) is 0 Å². The Kier molecular flexibility index (Phi) is 2.91. The molecule has 1 aliphatic heterocycles. The molecule has 0 atom stereocenters. The van der Waals surface area contributed by atoms with Crippen LogP contribution in [0.3, 0.4) is 0 Å². The van der Waals surface area contributed by atoms with E-state index in [1.54, 1.807) is 18.2 Å². The van der Waals surface area contributed by atoms with Gasteiger partial charge in [-0.05, 0) is 36.4 Å². The highest BCUT2D eigenvalue weighted by molar-refractivity contribution is 7.99. The molecule has 0 aliphatic carbocycles. The van der Waals surface area contributed by atoms with Gasteiger partial charge >= 0.3 is 6.18 Å². The molecule has 0 fully saturated rings. The summed E-state index contributed by atoms with van der Waals surface area (Å²) in [7, 11) is 0. The number of fused-ring (bicyclic) bond motifs is 2. The summed E-state index contributed by atoms with van der Waals surface area (Å²) in [4.78, 5) is 1.66. The summed E-state index contributed by atoms with van der Waals surface area (Å²) < 4.78 is 38.0. The van der Waals surface area contributed by atoms with Crippen LogP contribution >= 0.6 is 23.4 Å². The lowest BCUT2D eigenvalue weighted by molar-refractivity contribution is -0.137. The Bertz CT molecular complexity index is 655. The summed E-state index contributed by atoms with van der Waals surface area (Å²) in [6.45, 7) is 0. The number of anilines is 2. The first-order chi connectivity index (χ1) is 8.93. The van der Waals surface area contributed by atoms with Crippen molar-refractivity contribution in [3.8, 4) is 0 Å². The summed E-state index contributed by atoms with van der Waals surface area (Å²) in [6.07, 6.45) is -4.33. The van der Waals surface area contributed by atoms with E-state index in [0.717, 1.165) is 27.6 Å². The first-order valence-electron chi connectivity index (χ1n) is 5.39. The molecule has 1 nitrogen and oxygen atoms in total. The van der Waals surface area contributed by atoms with Crippen LogP contribution in [-0.2, 0) is 6.18 Å².